The average molecular weight is 269 g/mol. The number of benzene rings is 1. The van der Waals surface area contributed by atoms with Gasteiger partial charge in [-0.1, -0.05) is 39.8 Å². The summed E-state index contributed by atoms with van der Waals surface area (Å²) < 4.78 is 5.73. The van der Waals surface area contributed by atoms with E-state index in [0.29, 0.717) is 18.4 Å². The molecule has 1 aromatic rings. The lowest BCUT2D eigenvalue weighted by Crippen LogP contribution is -2.12. The Morgan fingerprint density at radius 1 is 1.28 bits per heavy atom. The largest absolute Gasteiger partial charge is 0.494 e. The fraction of sp³-hybridized carbons (Fsp3) is 0.625. The van der Waals surface area contributed by atoms with Gasteiger partial charge in [0.05, 0.1) is 6.61 Å². The Labute approximate surface area is 116 Å². The highest BCUT2D eigenvalue weighted by atomic mass is 35.5. The molecule has 0 heterocycles. The molecule has 1 rings (SSSR count). The van der Waals surface area contributed by atoms with Crippen LogP contribution in [0.3, 0.4) is 0 Å². The number of ether oxygens (including phenoxy) is 1. The van der Waals surface area contributed by atoms with Gasteiger partial charge in [0.25, 0.3) is 0 Å². The van der Waals surface area contributed by atoms with E-state index >= 15 is 0 Å². The summed E-state index contributed by atoms with van der Waals surface area (Å²) in [5.41, 5.74) is 2.80. The SMILES string of the molecule is CCOc1ccc(C(C)(C)C)cc1C(C)CCCl. The first-order valence-corrected chi connectivity index (χ1v) is 7.26. The molecule has 0 saturated heterocycles. The maximum atomic E-state index is 5.86. The van der Waals surface area contributed by atoms with E-state index in [1.807, 2.05) is 6.92 Å². The molecular formula is C16H25ClO. The smallest absolute Gasteiger partial charge is 0.122 e. The Kier molecular flexibility index (Phi) is 5.52. The van der Waals surface area contributed by atoms with Crippen LogP contribution in [-0.4, -0.2) is 12.5 Å². The fourth-order valence-corrected chi connectivity index (χ4v) is 2.33. The molecular weight excluding hydrogens is 244 g/mol. The lowest BCUT2D eigenvalue weighted by Gasteiger charge is -2.23. The molecule has 0 aliphatic carbocycles. The summed E-state index contributed by atoms with van der Waals surface area (Å²) in [7, 11) is 0. The predicted molar refractivity (Wildman–Crippen MR) is 80.1 cm³/mol. The van der Waals surface area contributed by atoms with Crippen LogP contribution < -0.4 is 4.74 Å². The zero-order chi connectivity index (χ0) is 13.8. The van der Waals surface area contributed by atoms with Gasteiger partial charge in [-0.25, -0.2) is 0 Å². The van der Waals surface area contributed by atoms with Gasteiger partial charge in [0.15, 0.2) is 0 Å². The number of hydrogen-bond donors (Lipinski definition) is 0. The van der Waals surface area contributed by atoms with Crippen molar-refractivity contribution in [2.75, 3.05) is 12.5 Å². The number of hydrogen-bond acceptors (Lipinski definition) is 1. The Balaban J connectivity index is 3.15. The summed E-state index contributed by atoms with van der Waals surface area (Å²) in [4.78, 5) is 0. The van der Waals surface area contributed by atoms with Gasteiger partial charge in [-0.3, -0.25) is 0 Å². The lowest BCUT2D eigenvalue weighted by atomic mass is 9.84. The highest BCUT2D eigenvalue weighted by molar-refractivity contribution is 6.17. The third-order valence-electron chi connectivity index (χ3n) is 3.25. The zero-order valence-corrected chi connectivity index (χ0v) is 13.0. The normalized spacial score (nSPS) is 13.4. The summed E-state index contributed by atoms with van der Waals surface area (Å²) in [6.07, 6.45) is 0.981. The topological polar surface area (TPSA) is 9.23 Å². The van der Waals surface area contributed by atoms with E-state index in [0.717, 1.165) is 12.2 Å². The van der Waals surface area contributed by atoms with Crippen LogP contribution in [0.1, 0.15) is 58.1 Å². The van der Waals surface area contributed by atoms with Crippen molar-refractivity contribution in [1.82, 2.24) is 0 Å². The summed E-state index contributed by atoms with van der Waals surface area (Å²) in [5, 5.41) is 0. The molecule has 1 aromatic carbocycles. The molecule has 0 N–H and O–H groups in total. The summed E-state index contributed by atoms with van der Waals surface area (Å²) in [6, 6.07) is 6.55. The third kappa shape index (κ3) is 3.91. The Hall–Kier alpha value is -0.690. The van der Waals surface area contributed by atoms with Crippen molar-refractivity contribution in [2.24, 2.45) is 0 Å². The van der Waals surface area contributed by atoms with E-state index in [-0.39, 0.29) is 5.41 Å². The molecule has 0 spiro atoms. The summed E-state index contributed by atoms with van der Waals surface area (Å²) in [6.45, 7) is 11.6. The van der Waals surface area contributed by atoms with Crippen LogP contribution in [0.5, 0.6) is 5.75 Å². The minimum atomic E-state index is 0.167. The third-order valence-corrected chi connectivity index (χ3v) is 3.47. The predicted octanol–water partition coefficient (Wildman–Crippen LogP) is 5.12. The van der Waals surface area contributed by atoms with Gasteiger partial charge in [-0.15, -0.1) is 11.6 Å². The standard InChI is InChI=1S/C16H25ClO/c1-6-18-15-8-7-13(16(3,4)5)11-14(15)12(2)9-10-17/h7-8,11-12H,6,9-10H2,1-5H3. The minimum absolute atomic E-state index is 0.167. The first-order valence-electron chi connectivity index (χ1n) is 6.73. The second-order valence-electron chi connectivity index (χ2n) is 5.81. The molecule has 0 bridgehead atoms. The first-order chi connectivity index (χ1) is 8.40. The Morgan fingerprint density at radius 3 is 2.44 bits per heavy atom. The molecule has 0 radical (unpaired) electrons. The molecule has 1 atom stereocenters. The monoisotopic (exact) mass is 268 g/mol. The lowest BCUT2D eigenvalue weighted by molar-refractivity contribution is 0.334. The van der Waals surface area contributed by atoms with Gasteiger partial charge >= 0.3 is 0 Å². The molecule has 18 heavy (non-hydrogen) atoms. The number of rotatable bonds is 5. The van der Waals surface area contributed by atoms with Crippen molar-refractivity contribution in [3.8, 4) is 5.75 Å². The average Bonchev–Trinajstić information content (AvgIpc) is 2.28. The molecule has 0 amide bonds. The molecule has 0 aromatic heterocycles. The fourth-order valence-electron chi connectivity index (χ4n) is 2.01. The van der Waals surface area contributed by atoms with E-state index in [2.05, 4.69) is 45.9 Å². The van der Waals surface area contributed by atoms with Gasteiger partial charge in [0, 0.05) is 5.88 Å². The van der Waals surface area contributed by atoms with Gasteiger partial charge in [0.2, 0.25) is 0 Å². The Bertz CT molecular complexity index is 379. The second kappa shape index (κ2) is 6.47. The van der Waals surface area contributed by atoms with Crippen LogP contribution in [-0.2, 0) is 5.41 Å². The first kappa shape index (κ1) is 15.4. The van der Waals surface area contributed by atoms with E-state index in [4.69, 9.17) is 16.3 Å². The number of alkyl halides is 1. The molecule has 102 valence electrons. The van der Waals surface area contributed by atoms with Crippen LogP contribution >= 0.6 is 11.6 Å². The van der Waals surface area contributed by atoms with Crippen molar-refractivity contribution < 1.29 is 4.74 Å². The quantitative estimate of drug-likeness (QED) is 0.674. The Morgan fingerprint density at radius 2 is 1.94 bits per heavy atom. The van der Waals surface area contributed by atoms with Crippen molar-refractivity contribution in [3.63, 3.8) is 0 Å². The molecule has 1 unspecified atom stereocenters. The molecule has 1 nitrogen and oxygen atoms in total. The summed E-state index contributed by atoms with van der Waals surface area (Å²) >= 11 is 5.86. The van der Waals surface area contributed by atoms with E-state index in [9.17, 15) is 0 Å². The maximum absolute atomic E-state index is 5.86. The summed E-state index contributed by atoms with van der Waals surface area (Å²) in [5.74, 6) is 2.13. The molecule has 0 aliphatic heterocycles. The van der Waals surface area contributed by atoms with Crippen molar-refractivity contribution in [3.05, 3.63) is 29.3 Å². The van der Waals surface area contributed by atoms with Crippen LogP contribution in [0, 0.1) is 0 Å². The van der Waals surface area contributed by atoms with Crippen molar-refractivity contribution >= 4 is 11.6 Å². The maximum Gasteiger partial charge on any atom is 0.122 e. The van der Waals surface area contributed by atoms with Crippen LogP contribution in [0.25, 0.3) is 0 Å². The van der Waals surface area contributed by atoms with Crippen molar-refractivity contribution in [1.29, 1.82) is 0 Å². The van der Waals surface area contributed by atoms with Crippen molar-refractivity contribution in [2.45, 2.75) is 52.4 Å². The molecule has 2 heteroatoms. The molecule has 0 fully saturated rings. The minimum Gasteiger partial charge on any atom is -0.494 e. The van der Waals surface area contributed by atoms with Gasteiger partial charge in [-0.2, -0.15) is 0 Å². The van der Waals surface area contributed by atoms with E-state index in [1.165, 1.54) is 11.1 Å². The van der Waals surface area contributed by atoms with E-state index in [1.54, 1.807) is 0 Å². The van der Waals surface area contributed by atoms with Gasteiger partial charge < -0.3 is 4.74 Å². The molecule has 0 saturated carbocycles. The van der Waals surface area contributed by atoms with Gasteiger partial charge in [-0.05, 0) is 41.9 Å². The highest BCUT2D eigenvalue weighted by Crippen LogP contribution is 2.33. The number of halogens is 1. The zero-order valence-electron chi connectivity index (χ0n) is 12.2. The van der Waals surface area contributed by atoms with Crippen LogP contribution in [0.15, 0.2) is 18.2 Å². The van der Waals surface area contributed by atoms with Crippen LogP contribution in [0.2, 0.25) is 0 Å². The second-order valence-corrected chi connectivity index (χ2v) is 6.19. The van der Waals surface area contributed by atoms with Gasteiger partial charge in [0.1, 0.15) is 5.75 Å². The van der Waals surface area contributed by atoms with Crippen LogP contribution in [0.4, 0.5) is 0 Å². The molecule has 0 aliphatic rings. The highest BCUT2D eigenvalue weighted by Gasteiger charge is 2.18. The van der Waals surface area contributed by atoms with E-state index < -0.39 is 0 Å².